The van der Waals surface area contributed by atoms with Crippen LogP contribution < -0.4 is 10.5 Å². The first-order valence-corrected chi connectivity index (χ1v) is 6.38. The van der Waals surface area contributed by atoms with Gasteiger partial charge in [0, 0.05) is 31.9 Å². The molecule has 19 heavy (non-hydrogen) atoms. The maximum Gasteiger partial charge on any atom is 0.260 e. The van der Waals surface area contributed by atoms with Crippen molar-refractivity contribution in [1.82, 2.24) is 14.8 Å². The van der Waals surface area contributed by atoms with Crippen molar-refractivity contribution in [2.45, 2.75) is 6.92 Å². The molecule has 0 aliphatic carbocycles. The number of hydrogen-bond donors (Lipinski definition) is 1. The lowest BCUT2D eigenvalue weighted by Crippen LogP contribution is -2.48. The number of nitrogen functional groups attached to an aromatic ring is 1. The molecule has 1 fully saturated rings. The highest BCUT2D eigenvalue weighted by Crippen LogP contribution is 2.18. The highest BCUT2D eigenvalue weighted by Gasteiger charge is 2.19. The number of carbonyl (C=O) groups is 1. The second-order valence-electron chi connectivity index (χ2n) is 4.81. The van der Waals surface area contributed by atoms with E-state index in [2.05, 4.69) is 16.9 Å². The molecule has 1 amide bonds. The van der Waals surface area contributed by atoms with Gasteiger partial charge in [0.1, 0.15) is 0 Å². The summed E-state index contributed by atoms with van der Waals surface area (Å²) in [4.78, 5) is 20.1. The van der Waals surface area contributed by atoms with E-state index in [1.165, 1.54) is 0 Å². The van der Waals surface area contributed by atoms with E-state index in [-0.39, 0.29) is 12.5 Å². The maximum absolute atomic E-state index is 12.0. The van der Waals surface area contributed by atoms with Gasteiger partial charge in [-0.1, -0.05) is 0 Å². The van der Waals surface area contributed by atoms with Crippen LogP contribution in [0.25, 0.3) is 0 Å². The topological polar surface area (TPSA) is 71.7 Å². The molecule has 0 saturated carbocycles. The molecule has 2 heterocycles. The van der Waals surface area contributed by atoms with Crippen molar-refractivity contribution in [3.05, 3.63) is 17.8 Å². The predicted molar refractivity (Wildman–Crippen MR) is 73.0 cm³/mol. The summed E-state index contributed by atoms with van der Waals surface area (Å²) in [5.41, 5.74) is 6.57. The fraction of sp³-hybridized carbons (Fsp3) is 0.538. The third-order valence-electron chi connectivity index (χ3n) is 3.23. The van der Waals surface area contributed by atoms with E-state index in [4.69, 9.17) is 10.5 Å². The number of aryl methyl sites for hydroxylation is 1. The van der Waals surface area contributed by atoms with Crippen molar-refractivity contribution in [2.24, 2.45) is 0 Å². The van der Waals surface area contributed by atoms with Gasteiger partial charge in [-0.3, -0.25) is 4.79 Å². The number of nitrogens with zero attached hydrogens (tertiary/aromatic N) is 3. The van der Waals surface area contributed by atoms with Crippen LogP contribution >= 0.6 is 0 Å². The Labute approximate surface area is 113 Å². The first-order valence-electron chi connectivity index (χ1n) is 6.38. The highest BCUT2D eigenvalue weighted by molar-refractivity contribution is 5.78. The molecule has 0 bridgehead atoms. The van der Waals surface area contributed by atoms with Crippen molar-refractivity contribution in [3.63, 3.8) is 0 Å². The molecule has 0 aromatic carbocycles. The highest BCUT2D eigenvalue weighted by atomic mass is 16.5. The van der Waals surface area contributed by atoms with Gasteiger partial charge in [0.15, 0.2) is 18.2 Å². The Morgan fingerprint density at radius 1 is 1.37 bits per heavy atom. The van der Waals surface area contributed by atoms with Gasteiger partial charge in [0.25, 0.3) is 5.91 Å². The number of likely N-dealkylation sites (N-methyl/N-ethyl adjacent to an activating group) is 1. The number of piperazine rings is 1. The van der Waals surface area contributed by atoms with Crippen LogP contribution in [0.2, 0.25) is 0 Å². The van der Waals surface area contributed by atoms with Gasteiger partial charge in [0.05, 0.1) is 0 Å². The zero-order valence-corrected chi connectivity index (χ0v) is 11.4. The van der Waals surface area contributed by atoms with Crippen LogP contribution in [0.15, 0.2) is 12.1 Å². The lowest BCUT2D eigenvalue weighted by Gasteiger charge is -2.32. The average Bonchev–Trinajstić information content (AvgIpc) is 2.38. The number of rotatable bonds is 3. The summed E-state index contributed by atoms with van der Waals surface area (Å²) in [5.74, 6) is 0.785. The molecule has 104 valence electrons. The first-order chi connectivity index (χ1) is 9.06. The SMILES string of the molecule is Cc1ccc(OCC(=O)N2CCN(C)CC2)c(N)n1. The number of aromatic nitrogens is 1. The van der Waals surface area contributed by atoms with Gasteiger partial charge in [0.2, 0.25) is 0 Å². The van der Waals surface area contributed by atoms with Crippen LogP contribution in [0.5, 0.6) is 5.75 Å². The van der Waals surface area contributed by atoms with Gasteiger partial charge >= 0.3 is 0 Å². The third kappa shape index (κ3) is 3.57. The molecule has 6 nitrogen and oxygen atoms in total. The number of pyridine rings is 1. The Morgan fingerprint density at radius 2 is 2.05 bits per heavy atom. The molecule has 6 heteroatoms. The van der Waals surface area contributed by atoms with Crippen LogP contribution in [-0.2, 0) is 4.79 Å². The number of ether oxygens (including phenoxy) is 1. The summed E-state index contributed by atoms with van der Waals surface area (Å²) in [6, 6.07) is 3.56. The van der Waals surface area contributed by atoms with Crippen LogP contribution in [0, 0.1) is 6.92 Å². The zero-order chi connectivity index (χ0) is 13.8. The molecule has 1 saturated heterocycles. The normalized spacial score (nSPS) is 16.4. The van der Waals surface area contributed by atoms with Crippen molar-refractivity contribution < 1.29 is 9.53 Å². The molecule has 2 rings (SSSR count). The molecule has 1 aromatic heterocycles. The van der Waals surface area contributed by atoms with E-state index in [0.717, 1.165) is 31.9 Å². The van der Waals surface area contributed by atoms with E-state index in [1.807, 2.05) is 17.9 Å². The molecule has 0 spiro atoms. The first kappa shape index (κ1) is 13.6. The molecule has 1 aliphatic heterocycles. The minimum Gasteiger partial charge on any atom is -0.480 e. The van der Waals surface area contributed by atoms with Gasteiger partial charge in [-0.15, -0.1) is 0 Å². The van der Waals surface area contributed by atoms with E-state index in [1.54, 1.807) is 6.07 Å². The zero-order valence-electron chi connectivity index (χ0n) is 11.4. The van der Waals surface area contributed by atoms with Gasteiger partial charge < -0.3 is 20.3 Å². The summed E-state index contributed by atoms with van der Waals surface area (Å²) >= 11 is 0. The fourth-order valence-corrected chi connectivity index (χ4v) is 1.97. The van der Waals surface area contributed by atoms with Gasteiger partial charge in [-0.25, -0.2) is 4.98 Å². The Morgan fingerprint density at radius 3 is 2.68 bits per heavy atom. The molecule has 1 aromatic rings. The van der Waals surface area contributed by atoms with E-state index < -0.39 is 0 Å². The Balaban J connectivity index is 1.86. The van der Waals surface area contributed by atoms with Crippen molar-refractivity contribution in [3.8, 4) is 5.75 Å². The standard InChI is InChI=1S/C13H20N4O2/c1-10-3-4-11(13(14)15-10)19-9-12(18)17-7-5-16(2)6-8-17/h3-4H,5-9H2,1-2H3,(H2,14,15). The van der Waals surface area contributed by atoms with Gasteiger partial charge in [-0.2, -0.15) is 0 Å². The van der Waals surface area contributed by atoms with E-state index in [0.29, 0.717) is 11.6 Å². The summed E-state index contributed by atoms with van der Waals surface area (Å²) in [5, 5.41) is 0. The molecule has 0 radical (unpaired) electrons. The molecule has 1 aliphatic rings. The van der Waals surface area contributed by atoms with Crippen LogP contribution in [-0.4, -0.2) is 60.5 Å². The van der Waals surface area contributed by atoms with E-state index >= 15 is 0 Å². The Bertz CT molecular complexity index is 456. The van der Waals surface area contributed by atoms with Crippen LogP contribution in [0.1, 0.15) is 5.69 Å². The molecular formula is C13H20N4O2. The maximum atomic E-state index is 12.0. The average molecular weight is 264 g/mol. The second kappa shape index (κ2) is 5.88. The number of carbonyl (C=O) groups excluding carboxylic acids is 1. The minimum absolute atomic E-state index is 0.00641. The lowest BCUT2D eigenvalue weighted by molar-refractivity contribution is -0.134. The van der Waals surface area contributed by atoms with Crippen LogP contribution in [0.4, 0.5) is 5.82 Å². The fourth-order valence-electron chi connectivity index (χ4n) is 1.97. The smallest absolute Gasteiger partial charge is 0.260 e. The third-order valence-corrected chi connectivity index (χ3v) is 3.23. The monoisotopic (exact) mass is 264 g/mol. The van der Waals surface area contributed by atoms with Gasteiger partial charge in [-0.05, 0) is 26.1 Å². The number of amides is 1. The molecule has 2 N–H and O–H groups in total. The lowest BCUT2D eigenvalue weighted by atomic mass is 10.3. The van der Waals surface area contributed by atoms with Crippen molar-refractivity contribution in [1.29, 1.82) is 0 Å². The van der Waals surface area contributed by atoms with Crippen LogP contribution in [0.3, 0.4) is 0 Å². The Kier molecular flexibility index (Phi) is 4.21. The summed E-state index contributed by atoms with van der Waals surface area (Å²) in [7, 11) is 2.05. The van der Waals surface area contributed by atoms with E-state index in [9.17, 15) is 4.79 Å². The molecule has 0 atom stereocenters. The summed E-state index contributed by atoms with van der Waals surface area (Å²) < 4.78 is 5.44. The Hall–Kier alpha value is -1.82. The number of anilines is 1. The molecular weight excluding hydrogens is 244 g/mol. The second-order valence-corrected chi connectivity index (χ2v) is 4.81. The van der Waals surface area contributed by atoms with Crippen molar-refractivity contribution >= 4 is 11.7 Å². The quantitative estimate of drug-likeness (QED) is 0.840. The summed E-state index contributed by atoms with van der Waals surface area (Å²) in [6.45, 7) is 5.18. The number of hydrogen-bond acceptors (Lipinski definition) is 5. The minimum atomic E-state index is -0.00641. The van der Waals surface area contributed by atoms with Crippen molar-refractivity contribution in [2.75, 3.05) is 45.6 Å². The predicted octanol–water partition coefficient (Wildman–Crippen LogP) is 0.125. The number of nitrogens with two attached hydrogens (primary N) is 1. The largest absolute Gasteiger partial charge is 0.480 e. The molecule has 0 unspecified atom stereocenters. The summed E-state index contributed by atoms with van der Waals surface area (Å²) in [6.07, 6.45) is 0.